The molecule has 0 aliphatic rings. The van der Waals surface area contributed by atoms with E-state index in [0.717, 1.165) is 16.8 Å². The third-order valence-corrected chi connectivity index (χ3v) is 4.55. The van der Waals surface area contributed by atoms with E-state index in [2.05, 4.69) is 11.6 Å². The van der Waals surface area contributed by atoms with Gasteiger partial charge in [0, 0.05) is 12.1 Å². The fourth-order valence-electron chi connectivity index (χ4n) is 2.98. The van der Waals surface area contributed by atoms with E-state index in [4.69, 9.17) is 4.74 Å². The third kappa shape index (κ3) is 6.55. The Labute approximate surface area is 170 Å². The number of pyridine rings is 1. The summed E-state index contributed by atoms with van der Waals surface area (Å²) in [7, 11) is 0. The number of esters is 1. The van der Waals surface area contributed by atoms with Gasteiger partial charge in [0.1, 0.15) is 5.75 Å². The summed E-state index contributed by atoms with van der Waals surface area (Å²) < 4.78 is 4.83. The van der Waals surface area contributed by atoms with E-state index in [1.54, 1.807) is 37.4 Å². The van der Waals surface area contributed by atoms with Crippen LogP contribution in [0, 0.1) is 5.92 Å². The van der Waals surface area contributed by atoms with Gasteiger partial charge in [-0.05, 0) is 61.2 Å². The maximum Gasteiger partial charge on any atom is 0.335 e. The van der Waals surface area contributed by atoms with E-state index < -0.39 is 24.1 Å². The molecule has 0 saturated carbocycles. The van der Waals surface area contributed by atoms with Crippen molar-refractivity contribution in [3.63, 3.8) is 0 Å². The molecule has 0 radical (unpaired) electrons. The van der Waals surface area contributed by atoms with E-state index in [1.807, 2.05) is 24.3 Å². The molecule has 0 fully saturated rings. The lowest BCUT2D eigenvalue weighted by Gasteiger charge is -2.24. The molecule has 1 aromatic heterocycles. The Kier molecular flexibility index (Phi) is 8.58. The van der Waals surface area contributed by atoms with Gasteiger partial charge in [0.15, 0.2) is 6.10 Å². The molecular weight excluding hydrogens is 370 g/mol. The first-order chi connectivity index (χ1) is 14.0. The van der Waals surface area contributed by atoms with Crippen LogP contribution in [-0.2, 0) is 9.53 Å². The molecule has 3 N–H and O–H groups in total. The molecule has 3 atom stereocenters. The molecule has 6 heteroatoms. The lowest BCUT2D eigenvalue weighted by molar-refractivity contribution is -0.157. The number of benzene rings is 1. The second kappa shape index (κ2) is 11.1. The van der Waals surface area contributed by atoms with Crippen molar-refractivity contribution < 1.29 is 24.9 Å². The molecule has 2 rings (SSSR count). The highest BCUT2D eigenvalue weighted by atomic mass is 16.5. The lowest BCUT2D eigenvalue weighted by Crippen LogP contribution is -2.37. The number of aliphatic hydroxyl groups is 2. The van der Waals surface area contributed by atoms with Crippen LogP contribution < -0.4 is 0 Å². The van der Waals surface area contributed by atoms with Gasteiger partial charge in [-0.2, -0.15) is 0 Å². The summed E-state index contributed by atoms with van der Waals surface area (Å²) in [5, 5.41) is 30.2. The van der Waals surface area contributed by atoms with Gasteiger partial charge >= 0.3 is 5.97 Å². The Balaban J connectivity index is 2.17. The standard InChI is InChI=1S/C23H27NO5/c1-3-19(22(27)23(28)29-4-2)21(26)13-10-17(20-7-5-6-14-24-20)15-16-8-11-18(25)12-9-16/h3,5-9,11-12,14-15,19,21-22,25-27H,1,4,10,13H2,2H3/b17-15-/t19-,21-,22+/m1/s1. The second-order valence-electron chi connectivity index (χ2n) is 6.59. The third-order valence-electron chi connectivity index (χ3n) is 4.55. The first kappa shape index (κ1) is 22.3. The summed E-state index contributed by atoms with van der Waals surface area (Å²) in [6.45, 7) is 5.43. The number of hydrogen-bond acceptors (Lipinski definition) is 6. The number of carbonyl (C=O) groups excluding carboxylic acids is 1. The Morgan fingerprint density at radius 2 is 1.93 bits per heavy atom. The SMILES string of the molecule is C=C[C@H]([C@H](O)CC/C(=C/c1ccc(O)cc1)c1ccccn1)[C@H](O)C(=O)OCC. The molecule has 6 nitrogen and oxygen atoms in total. The highest BCUT2D eigenvalue weighted by Crippen LogP contribution is 2.26. The van der Waals surface area contributed by atoms with Crippen LogP contribution in [0.15, 0.2) is 61.3 Å². The molecule has 154 valence electrons. The van der Waals surface area contributed by atoms with Crippen LogP contribution in [0.5, 0.6) is 5.75 Å². The fraction of sp³-hybridized carbons (Fsp3) is 0.304. The van der Waals surface area contributed by atoms with Gasteiger partial charge in [0.2, 0.25) is 0 Å². The van der Waals surface area contributed by atoms with E-state index in [9.17, 15) is 20.1 Å². The Morgan fingerprint density at radius 3 is 2.52 bits per heavy atom. The molecule has 0 bridgehead atoms. The lowest BCUT2D eigenvalue weighted by atomic mass is 9.90. The van der Waals surface area contributed by atoms with Crippen molar-refractivity contribution in [2.75, 3.05) is 6.61 Å². The van der Waals surface area contributed by atoms with E-state index in [1.165, 1.54) is 6.08 Å². The minimum atomic E-state index is -1.47. The van der Waals surface area contributed by atoms with Gasteiger partial charge in [-0.25, -0.2) is 4.79 Å². The number of phenols is 1. The summed E-state index contributed by atoms with van der Waals surface area (Å²) in [4.78, 5) is 16.2. The van der Waals surface area contributed by atoms with Gasteiger partial charge in [0.25, 0.3) is 0 Å². The molecule has 0 aliphatic carbocycles. The minimum absolute atomic E-state index is 0.148. The van der Waals surface area contributed by atoms with Crippen LogP contribution in [0.4, 0.5) is 0 Å². The average molecular weight is 397 g/mol. The number of aliphatic hydroxyl groups excluding tert-OH is 2. The van der Waals surface area contributed by atoms with Crippen LogP contribution in [0.1, 0.15) is 31.0 Å². The number of carbonyl (C=O) groups is 1. The minimum Gasteiger partial charge on any atom is -0.508 e. The van der Waals surface area contributed by atoms with Crippen molar-refractivity contribution in [1.29, 1.82) is 0 Å². The monoisotopic (exact) mass is 397 g/mol. The number of nitrogens with zero attached hydrogens (tertiary/aromatic N) is 1. The number of phenolic OH excluding ortho intramolecular Hbond substituents is 1. The van der Waals surface area contributed by atoms with Crippen molar-refractivity contribution in [2.24, 2.45) is 5.92 Å². The first-order valence-corrected chi connectivity index (χ1v) is 9.52. The zero-order valence-corrected chi connectivity index (χ0v) is 16.4. The normalized spacial score (nSPS) is 14.7. The molecule has 2 aromatic rings. The molecule has 0 aliphatic heterocycles. The maximum atomic E-state index is 11.8. The maximum absolute atomic E-state index is 11.8. The second-order valence-corrected chi connectivity index (χ2v) is 6.59. The highest BCUT2D eigenvalue weighted by Gasteiger charge is 2.30. The number of allylic oxidation sites excluding steroid dienone is 1. The predicted molar refractivity (Wildman–Crippen MR) is 112 cm³/mol. The van der Waals surface area contributed by atoms with Crippen molar-refractivity contribution in [1.82, 2.24) is 4.98 Å². The summed E-state index contributed by atoms with van der Waals surface area (Å²) in [5.41, 5.74) is 2.52. The molecule has 1 heterocycles. The van der Waals surface area contributed by atoms with Crippen molar-refractivity contribution in [3.8, 4) is 5.75 Å². The number of rotatable bonds is 10. The number of hydrogen-bond donors (Lipinski definition) is 3. The van der Waals surface area contributed by atoms with E-state index in [-0.39, 0.29) is 18.8 Å². The molecule has 0 amide bonds. The largest absolute Gasteiger partial charge is 0.508 e. The van der Waals surface area contributed by atoms with Crippen LogP contribution in [0.25, 0.3) is 11.6 Å². The van der Waals surface area contributed by atoms with Gasteiger partial charge in [-0.15, -0.1) is 6.58 Å². The Hall–Kier alpha value is -2.96. The highest BCUT2D eigenvalue weighted by molar-refractivity contribution is 5.80. The number of aromatic nitrogens is 1. The quantitative estimate of drug-likeness (QED) is 0.421. The van der Waals surface area contributed by atoms with Gasteiger partial charge in [-0.1, -0.05) is 24.3 Å². The molecular formula is C23H27NO5. The topological polar surface area (TPSA) is 99.9 Å². The average Bonchev–Trinajstić information content (AvgIpc) is 2.73. The molecule has 29 heavy (non-hydrogen) atoms. The summed E-state index contributed by atoms with van der Waals surface area (Å²) in [6, 6.07) is 12.3. The van der Waals surface area contributed by atoms with Crippen LogP contribution in [0.3, 0.4) is 0 Å². The van der Waals surface area contributed by atoms with E-state index in [0.29, 0.717) is 6.42 Å². The summed E-state index contributed by atoms with van der Waals surface area (Å²) in [5.74, 6) is -1.44. The van der Waals surface area contributed by atoms with Crippen LogP contribution in [-0.4, -0.2) is 45.1 Å². The van der Waals surface area contributed by atoms with Crippen LogP contribution >= 0.6 is 0 Å². The Morgan fingerprint density at radius 1 is 1.21 bits per heavy atom. The summed E-state index contributed by atoms with van der Waals surface area (Å²) in [6.07, 6.45) is 3.27. The number of aromatic hydroxyl groups is 1. The fourth-order valence-corrected chi connectivity index (χ4v) is 2.98. The van der Waals surface area contributed by atoms with Gasteiger partial charge < -0.3 is 20.1 Å². The molecule has 0 saturated heterocycles. The predicted octanol–water partition coefficient (Wildman–Crippen LogP) is 3.20. The smallest absolute Gasteiger partial charge is 0.335 e. The van der Waals surface area contributed by atoms with Crippen molar-refractivity contribution in [3.05, 3.63) is 72.6 Å². The molecule has 0 spiro atoms. The first-order valence-electron chi connectivity index (χ1n) is 9.52. The van der Waals surface area contributed by atoms with Gasteiger partial charge in [0.05, 0.1) is 18.4 Å². The molecule has 1 aromatic carbocycles. The zero-order chi connectivity index (χ0) is 21.2. The zero-order valence-electron chi connectivity index (χ0n) is 16.4. The van der Waals surface area contributed by atoms with Crippen molar-refractivity contribution in [2.45, 2.75) is 32.0 Å². The summed E-state index contributed by atoms with van der Waals surface area (Å²) >= 11 is 0. The van der Waals surface area contributed by atoms with Crippen LogP contribution in [0.2, 0.25) is 0 Å². The van der Waals surface area contributed by atoms with E-state index >= 15 is 0 Å². The van der Waals surface area contributed by atoms with Gasteiger partial charge in [-0.3, -0.25) is 4.98 Å². The number of ether oxygens (including phenoxy) is 1. The Bertz CT molecular complexity index is 817. The van der Waals surface area contributed by atoms with Crippen molar-refractivity contribution >= 4 is 17.6 Å². The molecule has 0 unspecified atom stereocenters.